The van der Waals surface area contributed by atoms with E-state index in [0.717, 1.165) is 24.7 Å². The highest BCUT2D eigenvalue weighted by Gasteiger charge is 2.31. The fraction of sp³-hybridized carbons (Fsp3) is 0.462. The monoisotopic (exact) mass is 216 g/mol. The van der Waals surface area contributed by atoms with Crippen molar-refractivity contribution in [3.63, 3.8) is 0 Å². The number of nitrogens with zero attached hydrogens (tertiary/aromatic N) is 1. The molecule has 1 heterocycles. The summed E-state index contributed by atoms with van der Waals surface area (Å²) in [5.41, 5.74) is 1.20. The standard InChI is InChI=1S/C13H16N2O/c14-13(10-5-6-10)15-7-8-16-12-4-2-1-3-11(12)9-15/h1-4,10,14H,5-9H2. The fourth-order valence-corrected chi connectivity index (χ4v) is 2.15. The molecule has 0 amide bonds. The Kier molecular flexibility index (Phi) is 2.31. The van der Waals surface area contributed by atoms with Crippen LogP contribution in [0.4, 0.5) is 0 Å². The Balaban J connectivity index is 1.81. The van der Waals surface area contributed by atoms with Crippen LogP contribution in [0.2, 0.25) is 0 Å². The maximum atomic E-state index is 8.11. The minimum Gasteiger partial charge on any atom is -0.491 e. The first-order valence-electron chi connectivity index (χ1n) is 5.88. The predicted octanol–water partition coefficient (Wildman–Crippen LogP) is 2.27. The molecule has 0 atom stereocenters. The van der Waals surface area contributed by atoms with Gasteiger partial charge in [0.25, 0.3) is 0 Å². The molecule has 1 aliphatic carbocycles. The summed E-state index contributed by atoms with van der Waals surface area (Å²) in [5.74, 6) is 2.30. The molecular weight excluding hydrogens is 200 g/mol. The van der Waals surface area contributed by atoms with Crippen molar-refractivity contribution in [3.05, 3.63) is 29.8 Å². The summed E-state index contributed by atoms with van der Waals surface area (Å²) in [6.45, 7) is 2.35. The van der Waals surface area contributed by atoms with Gasteiger partial charge in [0.05, 0.1) is 12.4 Å². The second kappa shape index (κ2) is 3.81. The van der Waals surface area contributed by atoms with E-state index in [0.29, 0.717) is 12.5 Å². The minimum absolute atomic E-state index is 0.519. The molecule has 1 N–H and O–H groups in total. The van der Waals surface area contributed by atoms with Crippen LogP contribution in [-0.2, 0) is 6.54 Å². The van der Waals surface area contributed by atoms with E-state index in [1.807, 2.05) is 18.2 Å². The van der Waals surface area contributed by atoms with Crippen molar-refractivity contribution < 1.29 is 4.74 Å². The van der Waals surface area contributed by atoms with Crippen LogP contribution in [0.25, 0.3) is 0 Å². The Labute approximate surface area is 95.5 Å². The number of amidine groups is 1. The van der Waals surface area contributed by atoms with Crippen LogP contribution >= 0.6 is 0 Å². The zero-order valence-electron chi connectivity index (χ0n) is 9.28. The maximum absolute atomic E-state index is 8.11. The minimum atomic E-state index is 0.519. The number of nitrogens with one attached hydrogen (secondary N) is 1. The molecular formula is C13H16N2O. The van der Waals surface area contributed by atoms with Gasteiger partial charge in [-0.3, -0.25) is 5.41 Å². The molecule has 0 unspecified atom stereocenters. The lowest BCUT2D eigenvalue weighted by atomic mass is 10.2. The van der Waals surface area contributed by atoms with Gasteiger partial charge in [0.2, 0.25) is 0 Å². The molecule has 3 rings (SSSR count). The fourth-order valence-electron chi connectivity index (χ4n) is 2.15. The largest absolute Gasteiger partial charge is 0.491 e. The van der Waals surface area contributed by atoms with Crippen molar-refractivity contribution in [1.82, 2.24) is 4.90 Å². The van der Waals surface area contributed by atoms with Crippen LogP contribution in [0.5, 0.6) is 5.75 Å². The average Bonchev–Trinajstić information content (AvgIpc) is 3.14. The highest BCUT2D eigenvalue weighted by Crippen LogP contribution is 2.33. The van der Waals surface area contributed by atoms with E-state index in [1.165, 1.54) is 18.4 Å². The summed E-state index contributed by atoms with van der Waals surface area (Å²) >= 11 is 0. The van der Waals surface area contributed by atoms with E-state index < -0.39 is 0 Å². The highest BCUT2D eigenvalue weighted by atomic mass is 16.5. The molecule has 1 fully saturated rings. The lowest BCUT2D eigenvalue weighted by Crippen LogP contribution is -2.33. The Bertz CT molecular complexity index is 412. The van der Waals surface area contributed by atoms with Gasteiger partial charge in [0, 0.05) is 18.0 Å². The zero-order chi connectivity index (χ0) is 11.0. The molecule has 1 saturated carbocycles. The van der Waals surface area contributed by atoms with Crippen molar-refractivity contribution in [2.24, 2.45) is 5.92 Å². The van der Waals surface area contributed by atoms with E-state index >= 15 is 0 Å². The molecule has 0 spiro atoms. The van der Waals surface area contributed by atoms with E-state index in [1.54, 1.807) is 0 Å². The third-order valence-electron chi connectivity index (χ3n) is 3.26. The van der Waals surface area contributed by atoms with Crippen LogP contribution in [-0.4, -0.2) is 23.9 Å². The van der Waals surface area contributed by atoms with Gasteiger partial charge < -0.3 is 9.64 Å². The van der Waals surface area contributed by atoms with Crippen LogP contribution < -0.4 is 4.74 Å². The summed E-state index contributed by atoms with van der Waals surface area (Å²) in [7, 11) is 0. The molecule has 1 aromatic carbocycles. The van der Waals surface area contributed by atoms with Gasteiger partial charge in [-0.1, -0.05) is 18.2 Å². The quantitative estimate of drug-likeness (QED) is 0.577. The normalized spacial score (nSPS) is 19.6. The van der Waals surface area contributed by atoms with Crippen LogP contribution in [0.1, 0.15) is 18.4 Å². The van der Waals surface area contributed by atoms with Crippen molar-refractivity contribution in [1.29, 1.82) is 5.41 Å². The molecule has 1 aliphatic heterocycles. The number of hydrogen-bond acceptors (Lipinski definition) is 2. The average molecular weight is 216 g/mol. The lowest BCUT2D eigenvalue weighted by Gasteiger charge is -2.22. The summed E-state index contributed by atoms with van der Waals surface area (Å²) in [6.07, 6.45) is 2.38. The molecule has 0 bridgehead atoms. The third kappa shape index (κ3) is 1.77. The maximum Gasteiger partial charge on any atom is 0.124 e. The van der Waals surface area contributed by atoms with Crippen molar-refractivity contribution >= 4 is 5.84 Å². The van der Waals surface area contributed by atoms with Gasteiger partial charge >= 0.3 is 0 Å². The number of ether oxygens (including phenoxy) is 1. The zero-order valence-corrected chi connectivity index (χ0v) is 9.28. The van der Waals surface area contributed by atoms with Gasteiger partial charge in [-0.2, -0.15) is 0 Å². The topological polar surface area (TPSA) is 36.3 Å². The Hall–Kier alpha value is -1.51. The van der Waals surface area contributed by atoms with Gasteiger partial charge in [0.15, 0.2) is 0 Å². The Morgan fingerprint density at radius 2 is 2.12 bits per heavy atom. The number of benzene rings is 1. The van der Waals surface area contributed by atoms with E-state index in [9.17, 15) is 0 Å². The van der Waals surface area contributed by atoms with Gasteiger partial charge in [-0.15, -0.1) is 0 Å². The SMILES string of the molecule is N=C(C1CC1)N1CCOc2ccccc2C1. The summed E-state index contributed by atoms with van der Waals surface area (Å²) in [5, 5.41) is 8.11. The summed E-state index contributed by atoms with van der Waals surface area (Å²) in [4.78, 5) is 2.16. The Morgan fingerprint density at radius 1 is 1.31 bits per heavy atom. The van der Waals surface area contributed by atoms with Crippen LogP contribution in [0, 0.1) is 11.3 Å². The van der Waals surface area contributed by atoms with Crippen LogP contribution in [0.15, 0.2) is 24.3 Å². The van der Waals surface area contributed by atoms with Gasteiger partial charge in [-0.25, -0.2) is 0 Å². The highest BCUT2D eigenvalue weighted by molar-refractivity contribution is 5.83. The van der Waals surface area contributed by atoms with Gasteiger partial charge in [0.1, 0.15) is 12.4 Å². The summed E-state index contributed by atoms with van der Waals surface area (Å²) < 4.78 is 5.69. The van der Waals surface area contributed by atoms with Crippen molar-refractivity contribution in [2.75, 3.05) is 13.2 Å². The summed E-state index contributed by atoms with van der Waals surface area (Å²) in [6, 6.07) is 8.14. The van der Waals surface area contributed by atoms with Crippen molar-refractivity contribution in [2.45, 2.75) is 19.4 Å². The number of hydrogen-bond donors (Lipinski definition) is 1. The first kappa shape index (κ1) is 9.70. The van der Waals surface area contributed by atoms with E-state index in [-0.39, 0.29) is 0 Å². The first-order chi connectivity index (χ1) is 7.84. The third-order valence-corrected chi connectivity index (χ3v) is 3.26. The lowest BCUT2D eigenvalue weighted by molar-refractivity contribution is 0.286. The second-order valence-corrected chi connectivity index (χ2v) is 4.54. The first-order valence-corrected chi connectivity index (χ1v) is 5.88. The molecule has 0 aromatic heterocycles. The molecule has 0 radical (unpaired) electrons. The van der Waals surface area contributed by atoms with E-state index in [4.69, 9.17) is 10.1 Å². The second-order valence-electron chi connectivity index (χ2n) is 4.54. The molecule has 1 aromatic rings. The molecule has 3 heteroatoms. The molecule has 84 valence electrons. The molecule has 2 aliphatic rings. The molecule has 0 saturated heterocycles. The van der Waals surface area contributed by atoms with E-state index in [2.05, 4.69) is 11.0 Å². The van der Waals surface area contributed by atoms with Crippen molar-refractivity contribution in [3.8, 4) is 5.75 Å². The number of para-hydroxylation sites is 1. The molecule has 3 nitrogen and oxygen atoms in total. The molecule has 16 heavy (non-hydrogen) atoms. The number of rotatable bonds is 1. The smallest absolute Gasteiger partial charge is 0.124 e. The number of fused-ring (bicyclic) bond motifs is 1. The Morgan fingerprint density at radius 3 is 2.94 bits per heavy atom. The van der Waals surface area contributed by atoms with Gasteiger partial charge in [-0.05, 0) is 18.9 Å². The van der Waals surface area contributed by atoms with Crippen LogP contribution in [0.3, 0.4) is 0 Å². The predicted molar refractivity (Wildman–Crippen MR) is 62.8 cm³/mol.